The Balaban J connectivity index is 1.20. The topological polar surface area (TPSA) is 78.7 Å². The Morgan fingerprint density at radius 2 is 1.92 bits per heavy atom. The highest BCUT2D eigenvalue weighted by atomic mass is 19.1. The molecule has 4 aromatic rings. The van der Waals surface area contributed by atoms with E-state index in [0.717, 1.165) is 38.4 Å². The molecule has 39 heavy (non-hydrogen) atoms. The van der Waals surface area contributed by atoms with E-state index >= 15 is 0 Å². The standard InChI is InChI=1S/C30H30FN7O/c1-36-12-14-37(15-13-36)20-23-7-9-25(17-26(23)21-5-6-21)33-30(39)24-16-22(27(18-31)32-19-24)8-10-29-35-34-28-4-2-3-11-38(28)29/h2-4,7,9,11,16-17,19,21H,5-6,12-15,18,20H2,1H3,(H,33,39). The van der Waals surface area contributed by atoms with E-state index in [1.807, 2.05) is 30.5 Å². The molecule has 9 heteroatoms. The lowest BCUT2D eigenvalue weighted by molar-refractivity contribution is 0.102. The van der Waals surface area contributed by atoms with Gasteiger partial charge in [-0.25, -0.2) is 4.39 Å². The fourth-order valence-corrected chi connectivity index (χ4v) is 4.92. The molecule has 8 nitrogen and oxygen atoms in total. The largest absolute Gasteiger partial charge is 0.322 e. The Labute approximate surface area is 226 Å². The molecule has 6 rings (SSSR count). The minimum absolute atomic E-state index is 0.178. The molecular weight excluding hydrogens is 493 g/mol. The fraction of sp³-hybridized carbons (Fsp3) is 0.333. The van der Waals surface area contributed by atoms with Crippen molar-refractivity contribution >= 4 is 17.2 Å². The van der Waals surface area contributed by atoms with E-state index in [0.29, 0.717) is 28.5 Å². The maximum atomic E-state index is 13.7. The summed E-state index contributed by atoms with van der Waals surface area (Å²) in [6, 6.07) is 13.4. The van der Waals surface area contributed by atoms with Crippen LogP contribution in [0.1, 0.15) is 57.3 Å². The van der Waals surface area contributed by atoms with E-state index < -0.39 is 6.67 Å². The molecule has 0 atom stereocenters. The number of halogens is 1. The summed E-state index contributed by atoms with van der Waals surface area (Å²) in [5.74, 6) is 6.55. The van der Waals surface area contributed by atoms with Gasteiger partial charge >= 0.3 is 0 Å². The number of anilines is 1. The lowest BCUT2D eigenvalue weighted by Gasteiger charge is -2.32. The zero-order valence-corrected chi connectivity index (χ0v) is 21.9. The highest BCUT2D eigenvalue weighted by molar-refractivity contribution is 6.04. The number of aromatic nitrogens is 4. The van der Waals surface area contributed by atoms with Crippen molar-refractivity contribution in [3.05, 3.63) is 88.6 Å². The number of alkyl halides is 1. The van der Waals surface area contributed by atoms with Crippen LogP contribution in [0.3, 0.4) is 0 Å². The van der Waals surface area contributed by atoms with Crippen LogP contribution in [0.2, 0.25) is 0 Å². The summed E-state index contributed by atoms with van der Waals surface area (Å²) in [5.41, 5.74) is 4.92. The van der Waals surface area contributed by atoms with Gasteiger partial charge in [0.2, 0.25) is 5.82 Å². The van der Waals surface area contributed by atoms with Gasteiger partial charge in [-0.05, 0) is 73.2 Å². The van der Waals surface area contributed by atoms with Gasteiger partial charge in [0.15, 0.2) is 5.65 Å². The number of carbonyl (C=O) groups excluding carboxylic acids is 1. The maximum Gasteiger partial charge on any atom is 0.257 e. The van der Waals surface area contributed by atoms with Crippen LogP contribution in [0.5, 0.6) is 0 Å². The fourth-order valence-electron chi connectivity index (χ4n) is 4.92. The first-order valence-electron chi connectivity index (χ1n) is 13.3. The molecule has 198 valence electrons. The second kappa shape index (κ2) is 10.9. The molecule has 0 radical (unpaired) electrons. The molecule has 3 aromatic heterocycles. The third-order valence-electron chi connectivity index (χ3n) is 7.39. The first kappa shape index (κ1) is 25.2. The maximum absolute atomic E-state index is 13.7. The lowest BCUT2D eigenvalue weighted by atomic mass is 10.0. The van der Waals surface area contributed by atoms with Crippen molar-refractivity contribution in [1.82, 2.24) is 29.4 Å². The van der Waals surface area contributed by atoms with Crippen molar-refractivity contribution in [3.8, 4) is 11.8 Å². The quantitative estimate of drug-likeness (QED) is 0.387. The van der Waals surface area contributed by atoms with E-state index in [1.165, 1.54) is 30.2 Å². The van der Waals surface area contributed by atoms with Crippen LogP contribution in [-0.2, 0) is 13.2 Å². The number of hydrogen-bond donors (Lipinski definition) is 1. The number of likely N-dealkylation sites (N-methyl/N-ethyl adjacent to an activating group) is 1. The number of carbonyl (C=O) groups is 1. The van der Waals surface area contributed by atoms with Crippen molar-refractivity contribution in [2.24, 2.45) is 0 Å². The molecule has 0 bridgehead atoms. The molecular formula is C30H30FN7O. The Morgan fingerprint density at radius 3 is 2.72 bits per heavy atom. The van der Waals surface area contributed by atoms with Gasteiger partial charge in [-0.2, -0.15) is 0 Å². The molecule has 1 saturated carbocycles. The smallest absolute Gasteiger partial charge is 0.257 e. The number of rotatable bonds is 6. The van der Waals surface area contributed by atoms with Gasteiger partial charge in [-0.15, -0.1) is 10.2 Å². The molecule has 1 amide bonds. The molecule has 1 N–H and O–H groups in total. The van der Waals surface area contributed by atoms with Crippen LogP contribution >= 0.6 is 0 Å². The summed E-state index contributed by atoms with van der Waals surface area (Å²) >= 11 is 0. The van der Waals surface area contributed by atoms with Crippen molar-refractivity contribution in [3.63, 3.8) is 0 Å². The zero-order chi connectivity index (χ0) is 26.8. The van der Waals surface area contributed by atoms with Crippen LogP contribution in [0.4, 0.5) is 10.1 Å². The second-order valence-corrected chi connectivity index (χ2v) is 10.3. The third-order valence-corrected chi connectivity index (χ3v) is 7.39. The summed E-state index contributed by atoms with van der Waals surface area (Å²) in [4.78, 5) is 22.2. The number of amides is 1. The van der Waals surface area contributed by atoms with Gasteiger partial charge in [-0.3, -0.25) is 19.1 Å². The summed E-state index contributed by atoms with van der Waals surface area (Å²) in [5, 5.41) is 11.2. The number of nitrogens with one attached hydrogen (secondary N) is 1. The first-order chi connectivity index (χ1) is 19.1. The Bertz CT molecular complexity index is 1580. The molecule has 4 heterocycles. The number of piperazine rings is 1. The number of pyridine rings is 2. The minimum Gasteiger partial charge on any atom is -0.322 e. The predicted octanol–water partition coefficient (Wildman–Crippen LogP) is 3.87. The lowest BCUT2D eigenvalue weighted by Crippen LogP contribution is -2.44. The molecule has 1 saturated heterocycles. The van der Waals surface area contributed by atoms with Crippen molar-refractivity contribution in [2.45, 2.75) is 32.0 Å². The number of benzene rings is 1. The highest BCUT2D eigenvalue weighted by Gasteiger charge is 2.27. The van der Waals surface area contributed by atoms with Gasteiger partial charge in [0.1, 0.15) is 6.67 Å². The molecule has 1 aliphatic carbocycles. The van der Waals surface area contributed by atoms with Crippen LogP contribution in [-0.4, -0.2) is 68.5 Å². The third kappa shape index (κ3) is 5.67. The normalized spacial score (nSPS) is 16.2. The van der Waals surface area contributed by atoms with E-state index in [4.69, 9.17) is 0 Å². The zero-order valence-electron chi connectivity index (χ0n) is 21.9. The Kier molecular flexibility index (Phi) is 7.05. The van der Waals surface area contributed by atoms with Crippen molar-refractivity contribution < 1.29 is 9.18 Å². The summed E-state index contributed by atoms with van der Waals surface area (Å²) < 4.78 is 15.4. The monoisotopic (exact) mass is 523 g/mol. The van der Waals surface area contributed by atoms with Crippen molar-refractivity contribution in [1.29, 1.82) is 0 Å². The first-order valence-corrected chi connectivity index (χ1v) is 13.3. The summed E-state index contributed by atoms with van der Waals surface area (Å²) in [6.45, 7) is 4.46. The van der Waals surface area contributed by atoms with Gasteiger partial charge in [-0.1, -0.05) is 18.1 Å². The summed E-state index contributed by atoms with van der Waals surface area (Å²) in [6.07, 6.45) is 5.57. The summed E-state index contributed by atoms with van der Waals surface area (Å²) in [7, 11) is 2.17. The number of fused-ring (bicyclic) bond motifs is 1. The van der Waals surface area contributed by atoms with E-state index in [9.17, 15) is 9.18 Å². The molecule has 2 aliphatic rings. The van der Waals surface area contributed by atoms with E-state index in [1.54, 1.807) is 10.5 Å². The average Bonchev–Trinajstić information content (AvgIpc) is 3.73. The van der Waals surface area contributed by atoms with Crippen LogP contribution in [0.25, 0.3) is 5.65 Å². The number of hydrogen-bond acceptors (Lipinski definition) is 6. The molecule has 1 aromatic carbocycles. The van der Waals surface area contributed by atoms with Crippen molar-refractivity contribution in [2.75, 3.05) is 38.5 Å². The molecule has 1 aliphatic heterocycles. The minimum atomic E-state index is -0.786. The van der Waals surface area contributed by atoms with Crippen LogP contribution < -0.4 is 5.32 Å². The van der Waals surface area contributed by atoms with E-state index in [2.05, 4.69) is 61.3 Å². The molecule has 0 spiro atoms. The second-order valence-electron chi connectivity index (χ2n) is 10.3. The predicted molar refractivity (Wildman–Crippen MR) is 147 cm³/mol. The SMILES string of the molecule is CN1CCN(Cc2ccc(NC(=O)c3cnc(CF)c(C#Cc4nnc5ccccn45)c3)cc2C2CC2)CC1. The van der Waals surface area contributed by atoms with Crippen LogP contribution in [0.15, 0.2) is 54.9 Å². The molecule has 0 unspecified atom stereocenters. The van der Waals surface area contributed by atoms with Gasteiger partial charge in [0.25, 0.3) is 5.91 Å². The number of nitrogens with zero attached hydrogens (tertiary/aromatic N) is 6. The van der Waals surface area contributed by atoms with Gasteiger partial charge in [0, 0.05) is 50.8 Å². The van der Waals surface area contributed by atoms with Gasteiger partial charge in [0.05, 0.1) is 16.8 Å². The Hall–Kier alpha value is -4.13. The van der Waals surface area contributed by atoms with Crippen LogP contribution in [0, 0.1) is 11.8 Å². The van der Waals surface area contributed by atoms with Gasteiger partial charge < -0.3 is 10.2 Å². The average molecular weight is 524 g/mol. The highest BCUT2D eigenvalue weighted by Crippen LogP contribution is 2.43. The van der Waals surface area contributed by atoms with E-state index in [-0.39, 0.29) is 11.6 Å². The Morgan fingerprint density at radius 1 is 1.08 bits per heavy atom. The molecule has 2 fully saturated rings.